The summed E-state index contributed by atoms with van der Waals surface area (Å²) in [6.45, 7) is 2.67. The summed E-state index contributed by atoms with van der Waals surface area (Å²) in [7, 11) is 0. The molecule has 7 nitrogen and oxygen atoms in total. The lowest BCUT2D eigenvalue weighted by Gasteiger charge is -2.18. The maximum atomic E-state index is 12.1. The highest BCUT2D eigenvalue weighted by Gasteiger charge is 2.25. The monoisotopic (exact) mass is 291 g/mol. The Morgan fingerprint density at radius 1 is 1.29 bits per heavy atom. The first kappa shape index (κ1) is 14.8. The van der Waals surface area contributed by atoms with E-state index in [1.807, 2.05) is 0 Å². The second-order valence-electron chi connectivity index (χ2n) is 4.66. The molecular weight excluding hydrogens is 274 g/mol. The van der Waals surface area contributed by atoms with Gasteiger partial charge in [0.25, 0.3) is 0 Å². The number of carbonyl (C=O) groups is 3. The maximum Gasteiger partial charge on any atom is 0.335 e. The van der Waals surface area contributed by atoms with Gasteiger partial charge in [0.15, 0.2) is 0 Å². The van der Waals surface area contributed by atoms with Crippen LogP contribution in [-0.2, 0) is 11.2 Å². The summed E-state index contributed by atoms with van der Waals surface area (Å²) in [4.78, 5) is 35.9. The minimum Gasteiger partial charge on any atom is -0.478 e. The maximum absolute atomic E-state index is 12.1. The summed E-state index contributed by atoms with van der Waals surface area (Å²) in [6, 6.07) is 4.33. The van der Waals surface area contributed by atoms with Gasteiger partial charge in [-0.3, -0.25) is 9.69 Å². The fraction of sp³-hybridized carbons (Fsp3) is 0.357. The first-order valence-electron chi connectivity index (χ1n) is 6.71. The summed E-state index contributed by atoms with van der Waals surface area (Å²) in [6.07, 6.45) is 0.670. The average molecular weight is 291 g/mol. The number of likely N-dealkylation sites (N-methyl/N-ethyl adjacent to an activating group) is 1. The summed E-state index contributed by atoms with van der Waals surface area (Å²) in [5.74, 6) is -1.29. The standard InChI is InChI=1S/C14H17N3O4/c1-2-15-12(18)8-16-14(21)17-6-5-9-3-4-10(13(19)20)7-11(9)17/h3-4,7H,2,5-6,8H2,1H3,(H,15,18)(H,16,21)(H,19,20). The van der Waals surface area contributed by atoms with Crippen molar-refractivity contribution in [3.05, 3.63) is 29.3 Å². The van der Waals surface area contributed by atoms with E-state index >= 15 is 0 Å². The highest BCUT2D eigenvalue weighted by atomic mass is 16.4. The lowest BCUT2D eigenvalue weighted by molar-refractivity contribution is -0.119. The van der Waals surface area contributed by atoms with E-state index in [0.717, 1.165) is 5.56 Å². The van der Waals surface area contributed by atoms with Crippen LogP contribution in [0, 0.1) is 0 Å². The van der Waals surface area contributed by atoms with Gasteiger partial charge in [0.1, 0.15) is 0 Å². The highest BCUT2D eigenvalue weighted by Crippen LogP contribution is 2.29. The van der Waals surface area contributed by atoms with Crippen molar-refractivity contribution in [2.45, 2.75) is 13.3 Å². The van der Waals surface area contributed by atoms with Crippen LogP contribution in [0.3, 0.4) is 0 Å². The molecule has 0 unspecified atom stereocenters. The van der Waals surface area contributed by atoms with Crippen LogP contribution in [0.25, 0.3) is 0 Å². The molecule has 0 spiro atoms. The van der Waals surface area contributed by atoms with E-state index in [9.17, 15) is 14.4 Å². The number of aromatic carboxylic acids is 1. The SMILES string of the molecule is CCNC(=O)CNC(=O)N1CCc2ccc(C(=O)O)cc21. The number of nitrogens with one attached hydrogen (secondary N) is 2. The van der Waals surface area contributed by atoms with E-state index in [0.29, 0.717) is 25.2 Å². The van der Waals surface area contributed by atoms with Gasteiger partial charge in [0, 0.05) is 18.8 Å². The molecule has 0 fully saturated rings. The van der Waals surface area contributed by atoms with Crippen molar-refractivity contribution in [1.82, 2.24) is 10.6 Å². The van der Waals surface area contributed by atoms with Gasteiger partial charge in [-0.2, -0.15) is 0 Å². The van der Waals surface area contributed by atoms with Crippen molar-refractivity contribution in [1.29, 1.82) is 0 Å². The van der Waals surface area contributed by atoms with Crippen LogP contribution in [0.4, 0.5) is 10.5 Å². The first-order valence-corrected chi connectivity index (χ1v) is 6.71. The largest absolute Gasteiger partial charge is 0.478 e. The third kappa shape index (κ3) is 3.31. The molecule has 3 N–H and O–H groups in total. The second-order valence-corrected chi connectivity index (χ2v) is 4.66. The van der Waals surface area contributed by atoms with Gasteiger partial charge in [-0.25, -0.2) is 9.59 Å². The Morgan fingerprint density at radius 3 is 2.71 bits per heavy atom. The molecule has 1 aliphatic heterocycles. The van der Waals surface area contributed by atoms with E-state index < -0.39 is 12.0 Å². The zero-order valence-corrected chi connectivity index (χ0v) is 11.7. The van der Waals surface area contributed by atoms with Crippen molar-refractivity contribution < 1.29 is 19.5 Å². The van der Waals surface area contributed by atoms with Crippen molar-refractivity contribution in [3.63, 3.8) is 0 Å². The van der Waals surface area contributed by atoms with E-state index in [1.165, 1.54) is 17.0 Å². The molecule has 0 saturated carbocycles. The third-order valence-corrected chi connectivity index (χ3v) is 3.25. The number of carboxylic acids is 1. The molecule has 1 aliphatic rings. The second kappa shape index (κ2) is 6.25. The molecule has 1 heterocycles. The number of urea groups is 1. The predicted octanol–water partition coefficient (Wildman–Crippen LogP) is 0.593. The van der Waals surface area contributed by atoms with Crippen LogP contribution in [0.5, 0.6) is 0 Å². The Balaban J connectivity index is 2.07. The number of fused-ring (bicyclic) bond motifs is 1. The molecular formula is C14H17N3O4. The van der Waals surface area contributed by atoms with Crippen molar-refractivity contribution in [2.24, 2.45) is 0 Å². The molecule has 1 aromatic carbocycles. The molecule has 0 aliphatic carbocycles. The number of rotatable bonds is 4. The Labute approximate surface area is 121 Å². The van der Waals surface area contributed by atoms with Crippen LogP contribution in [0.15, 0.2) is 18.2 Å². The molecule has 0 radical (unpaired) electrons. The van der Waals surface area contributed by atoms with Crippen LogP contribution in [0.2, 0.25) is 0 Å². The molecule has 0 bridgehead atoms. The third-order valence-electron chi connectivity index (χ3n) is 3.25. The van der Waals surface area contributed by atoms with Crippen molar-refractivity contribution in [2.75, 3.05) is 24.5 Å². The molecule has 0 aromatic heterocycles. The Hall–Kier alpha value is -2.57. The van der Waals surface area contributed by atoms with Gasteiger partial charge >= 0.3 is 12.0 Å². The normalized spacial score (nSPS) is 12.7. The fourth-order valence-electron chi connectivity index (χ4n) is 2.23. The zero-order valence-electron chi connectivity index (χ0n) is 11.7. The number of amides is 3. The molecule has 1 aromatic rings. The minimum absolute atomic E-state index is 0.100. The molecule has 7 heteroatoms. The highest BCUT2D eigenvalue weighted by molar-refractivity contribution is 5.98. The van der Waals surface area contributed by atoms with Crippen LogP contribution >= 0.6 is 0 Å². The van der Waals surface area contributed by atoms with Gasteiger partial charge in [0.05, 0.1) is 12.1 Å². The molecule has 21 heavy (non-hydrogen) atoms. The van der Waals surface area contributed by atoms with Gasteiger partial charge in [-0.15, -0.1) is 0 Å². The van der Waals surface area contributed by atoms with Crippen LogP contribution < -0.4 is 15.5 Å². The number of carboxylic acid groups (broad SMARTS) is 1. The first-order chi connectivity index (χ1) is 10.0. The number of carbonyl (C=O) groups excluding carboxylic acids is 2. The predicted molar refractivity (Wildman–Crippen MR) is 76.5 cm³/mol. The number of nitrogens with zero attached hydrogens (tertiary/aromatic N) is 1. The molecule has 0 saturated heterocycles. The number of benzene rings is 1. The summed E-state index contributed by atoms with van der Waals surface area (Å²) in [5, 5.41) is 14.1. The van der Waals surface area contributed by atoms with Crippen LogP contribution in [0.1, 0.15) is 22.8 Å². The summed E-state index contributed by atoms with van der Waals surface area (Å²) >= 11 is 0. The number of anilines is 1. The quantitative estimate of drug-likeness (QED) is 0.756. The number of hydrogen-bond acceptors (Lipinski definition) is 3. The Morgan fingerprint density at radius 2 is 2.05 bits per heavy atom. The van der Waals surface area contributed by atoms with Gasteiger partial charge in [0.2, 0.25) is 5.91 Å². The molecule has 3 amide bonds. The van der Waals surface area contributed by atoms with Gasteiger partial charge in [-0.1, -0.05) is 6.07 Å². The molecule has 2 rings (SSSR count). The van der Waals surface area contributed by atoms with Gasteiger partial charge in [-0.05, 0) is 31.0 Å². The van der Waals surface area contributed by atoms with E-state index in [1.54, 1.807) is 13.0 Å². The van der Waals surface area contributed by atoms with E-state index in [2.05, 4.69) is 10.6 Å². The number of hydrogen-bond donors (Lipinski definition) is 3. The Bertz CT molecular complexity index is 586. The minimum atomic E-state index is -1.03. The van der Waals surface area contributed by atoms with Crippen LogP contribution in [-0.4, -0.2) is 42.6 Å². The fourth-order valence-corrected chi connectivity index (χ4v) is 2.23. The topological polar surface area (TPSA) is 98.7 Å². The van der Waals surface area contributed by atoms with Crippen molar-refractivity contribution >= 4 is 23.6 Å². The van der Waals surface area contributed by atoms with E-state index in [4.69, 9.17) is 5.11 Å². The average Bonchev–Trinajstić information content (AvgIpc) is 2.88. The zero-order chi connectivity index (χ0) is 15.4. The van der Waals surface area contributed by atoms with Gasteiger partial charge < -0.3 is 15.7 Å². The van der Waals surface area contributed by atoms with Crippen molar-refractivity contribution in [3.8, 4) is 0 Å². The summed E-state index contributed by atoms with van der Waals surface area (Å²) < 4.78 is 0. The lowest BCUT2D eigenvalue weighted by atomic mass is 10.1. The Kier molecular flexibility index (Phi) is 4.42. The smallest absolute Gasteiger partial charge is 0.335 e. The summed E-state index contributed by atoms with van der Waals surface area (Å²) in [5.41, 5.74) is 1.65. The molecule has 112 valence electrons. The molecule has 0 atom stereocenters. The van der Waals surface area contributed by atoms with E-state index in [-0.39, 0.29) is 18.0 Å². The lowest BCUT2D eigenvalue weighted by Crippen LogP contribution is -2.44.